The van der Waals surface area contributed by atoms with Crippen LogP contribution < -0.4 is 11.1 Å². The maximum atomic E-state index is 12.3. The number of nitrogens with one attached hydrogen (secondary N) is 1. The Morgan fingerprint density at radius 1 is 1.43 bits per heavy atom. The molecule has 0 saturated heterocycles. The number of nitro groups is 1. The monoisotopic (exact) mass is 312 g/mol. The van der Waals surface area contributed by atoms with E-state index in [1.807, 2.05) is 0 Å². The van der Waals surface area contributed by atoms with Gasteiger partial charge in [0.2, 0.25) is 0 Å². The number of hydrogen-bond acceptors (Lipinski definition) is 5. The van der Waals surface area contributed by atoms with Gasteiger partial charge in [-0.1, -0.05) is 30.9 Å². The highest BCUT2D eigenvalue weighted by Gasteiger charge is 2.26. The second kappa shape index (κ2) is 6.82. The fourth-order valence-corrected chi connectivity index (χ4v) is 2.67. The Hall–Kier alpha value is -1.73. The van der Waals surface area contributed by atoms with Crippen LogP contribution in [0.5, 0.6) is 0 Å². The Kier molecular flexibility index (Phi) is 5.08. The minimum Gasteiger partial charge on any atom is -0.348 e. The highest BCUT2D eigenvalue weighted by molar-refractivity contribution is 6.29. The van der Waals surface area contributed by atoms with Gasteiger partial charge in [0.25, 0.3) is 11.6 Å². The summed E-state index contributed by atoms with van der Waals surface area (Å²) in [5, 5.41) is 13.8. The van der Waals surface area contributed by atoms with E-state index in [9.17, 15) is 14.9 Å². The molecule has 0 spiro atoms. The molecular formula is C13H17ClN4O3. The molecule has 7 nitrogen and oxygen atoms in total. The molecule has 1 aliphatic carbocycles. The first-order valence-corrected chi connectivity index (χ1v) is 7.23. The number of carbonyl (C=O) groups excluding carboxylic acids is 1. The number of aromatic nitrogens is 1. The van der Waals surface area contributed by atoms with Gasteiger partial charge in [-0.3, -0.25) is 14.9 Å². The Balaban J connectivity index is 2.19. The van der Waals surface area contributed by atoms with E-state index in [4.69, 9.17) is 17.3 Å². The average Bonchev–Trinajstić information content (AvgIpc) is 2.63. The summed E-state index contributed by atoms with van der Waals surface area (Å²) in [6, 6.07) is 0.899. The lowest BCUT2D eigenvalue weighted by Crippen LogP contribution is -2.47. The highest BCUT2D eigenvalue weighted by atomic mass is 35.5. The van der Waals surface area contributed by atoms with Crippen LogP contribution in [0, 0.1) is 10.1 Å². The summed E-state index contributed by atoms with van der Waals surface area (Å²) in [5.41, 5.74) is 5.60. The molecule has 0 bridgehead atoms. The molecule has 1 aliphatic rings. The summed E-state index contributed by atoms with van der Waals surface area (Å²) in [4.78, 5) is 26.2. The van der Waals surface area contributed by atoms with Gasteiger partial charge in [0, 0.05) is 12.1 Å². The Bertz CT molecular complexity index is 552. The van der Waals surface area contributed by atoms with Crippen molar-refractivity contribution in [3.8, 4) is 0 Å². The SMILES string of the molecule is NC1CCCCCC1NC(=O)c1cc(Cl)ncc1[N+](=O)[O-]. The molecule has 2 unspecified atom stereocenters. The van der Waals surface area contributed by atoms with Gasteiger partial charge in [-0.25, -0.2) is 4.98 Å². The van der Waals surface area contributed by atoms with E-state index >= 15 is 0 Å². The van der Waals surface area contributed by atoms with Crippen molar-refractivity contribution in [1.82, 2.24) is 10.3 Å². The Morgan fingerprint density at radius 2 is 2.14 bits per heavy atom. The molecule has 1 amide bonds. The summed E-state index contributed by atoms with van der Waals surface area (Å²) in [5.74, 6) is -0.534. The predicted octanol–water partition coefficient (Wildman–Crippen LogP) is 2.03. The fourth-order valence-electron chi connectivity index (χ4n) is 2.51. The van der Waals surface area contributed by atoms with Crippen LogP contribution in [0.1, 0.15) is 42.5 Å². The van der Waals surface area contributed by atoms with E-state index in [0.29, 0.717) is 0 Å². The van der Waals surface area contributed by atoms with E-state index in [1.54, 1.807) is 0 Å². The summed E-state index contributed by atoms with van der Waals surface area (Å²) < 4.78 is 0. The van der Waals surface area contributed by atoms with E-state index in [-0.39, 0.29) is 28.5 Å². The standard InChI is InChI=1S/C13H17ClN4O3/c14-12-6-8(11(7-16-12)18(20)21)13(19)17-10-5-3-1-2-4-9(10)15/h6-7,9-10H,1-5,15H2,(H,17,19). The van der Waals surface area contributed by atoms with Crippen molar-refractivity contribution in [3.63, 3.8) is 0 Å². The zero-order chi connectivity index (χ0) is 15.4. The lowest BCUT2D eigenvalue weighted by atomic mass is 10.0. The maximum Gasteiger partial charge on any atom is 0.300 e. The summed E-state index contributed by atoms with van der Waals surface area (Å²) >= 11 is 5.72. The van der Waals surface area contributed by atoms with Crippen LogP contribution in [0.4, 0.5) is 5.69 Å². The van der Waals surface area contributed by atoms with Crippen LogP contribution in [0.2, 0.25) is 5.15 Å². The normalized spacial score (nSPS) is 22.4. The molecule has 2 atom stereocenters. The smallest absolute Gasteiger partial charge is 0.300 e. The molecule has 21 heavy (non-hydrogen) atoms. The minimum absolute atomic E-state index is 0.0379. The number of carbonyl (C=O) groups is 1. The van der Waals surface area contributed by atoms with E-state index in [0.717, 1.165) is 38.3 Å². The minimum atomic E-state index is -0.648. The molecule has 1 heterocycles. The molecule has 8 heteroatoms. The van der Waals surface area contributed by atoms with Crippen LogP contribution in [0.3, 0.4) is 0 Å². The first-order valence-electron chi connectivity index (χ1n) is 6.85. The third-order valence-electron chi connectivity index (χ3n) is 3.68. The van der Waals surface area contributed by atoms with Crippen LogP contribution >= 0.6 is 11.6 Å². The van der Waals surface area contributed by atoms with Crippen molar-refractivity contribution in [3.05, 3.63) is 33.1 Å². The summed E-state index contributed by atoms with van der Waals surface area (Å²) in [7, 11) is 0. The molecule has 0 aromatic carbocycles. The van der Waals surface area contributed by atoms with Crippen LogP contribution in [-0.2, 0) is 0 Å². The van der Waals surface area contributed by atoms with E-state index in [2.05, 4.69) is 10.3 Å². The zero-order valence-corrected chi connectivity index (χ0v) is 12.2. The van der Waals surface area contributed by atoms with Crippen LogP contribution in [0.15, 0.2) is 12.3 Å². The third-order valence-corrected chi connectivity index (χ3v) is 3.88. The molecule has 2 rings (SSSR count). The largest absolute Gasteiger partial charge is 0.348 e. The van der Waals surface area contributed by atoms with Gasteiger partial charge in [0.05, 0.1) is 4.92 Å². The van der Waals surface area contributed by atoms with Crippen molar-refractivity contribution >= 4 is 23.2 Å². The van der Waals surface area contributed by atoms with Crippen molar-refractivity contribution in [1.29, 1.82) is 0 Å². The molecule has 1 aromatic rings. The summed E-state index contributed by atoms with van der Waals surface area (Å²) in [6.07, 6.45) is 5.71. The predicted molar refractivity (Wildman–Crippen MR) is 78.2 cm³/mol. The van der Waals surface area contributed by atoms with Gasteiger partial charge >= 0.3 is 0 Å². The topological polar surface area (TPSA) is 111 Å². The fraction of sp³-hybridized carbons (Fsp3) is 0.538. The molecule has 1 saturated carbocycles. The molecule has 1 fully saturated rings. The highest BCUT2D eigenvalue weighted by Crippen LogP contribution is 2.22. The Morgan fingerprint density at radius 3 is 2.86 bits per heavy atom. The number of pyridine rings is 1. The molecule has 114 valence electrons. The first kappa shape index (κ1) is 15.7. The molecular weight excluding hydrogens is 296 g/mol. The van der Waals surface area contributed by atoms with Gasteiger partial charge in [-0.15, -0.1) is 0 Å². The summed E-state index contributed by atoms with van der Waals surface area (Å²) in [6.45, 7) is 0. The lowest BCUT2D eigenvalue weighted by molar-refractivity contribution is -0.385. The number of hydrogen-bond donors (Lipinski definition) is 2. The Labute approximate surface area is 127 Å². The maximum absolute atomic E-state index is 12.3. The number of rotatable bonds is 3. The lowest BCUT2D eigenvalue weighted by Gasteiger charge is -2.22. The molecule has 1 aromatic heterocycles. The van der Waals surface area contributed by atoms with Gasteiger partial charge < -0.3 is 11.1 Å². The van der Waals surface area contributed by atoms with Crippen molar-refractivity contribution < 1.29 is 9.72 Å². The number of halogens is 1. The molecule has 3 N–H and O–H groups in total. The second-order valence-electron chi connectivity index (χ2n) is 5.16. The first-order chi connectivity index (χ1) is 9.99. The second-order valence-corrected chi connectivity index (χ2v) is 5.55. The average molecular weight is 313 g/mol. The van der Waals surface area contributed by atoms with Crippen molar-refractivity contribution in [2.75, 3.05) is 0 Å². The van der Waals surface area contributed by atoms with Gasteiger partial charge in [0.15, 0.2) is 0 Å². The van der Waals surface area contributed by atoms with E-state index in [1.165, 1.54) is 6.07 Å². The number of amides is 1. The van der Waals surface area contributed by atoms with Crippen molar-refractivity contribution in [2.45, 2.75) is 44.2 Å². The van der Waals surface area contributed by atoms with Crippen LogP contribution in [-0.4, -0.2) is 27.9 Å². The van der Waals surface area contributed by atoms with Gasteiger partial charge in [-0.2, -0.15) is 0 Å². The van der Waals surface area contributed by atoms with E-state index < -0.39 is 10.8 Å². The third kappa shape index (κ3) is 3.89. The van der Waals surface area contributed by atoms with Gasteiger partial charge in [0.1, 0.15) is 16.9 Å². The quantitative estimate of drug-likeness (QED) is 0.384. The zero-order valence-electron chi connectivity index (χ0n) is 11.4. The number of nitrogens with two attached hydrogens (primary N) is 1. The van der Waals surface area contributed by atoms with Crippen molar-refractivity contribution in [2.24, 2.45) is 5.73 Å². The van der Waals surface area contributed by atoms with Gasteiger partial charge in [-0.05, 0) is 18.9 Å². The molecule has 0 radical (unpaired) electrons. The van der Waals surface area contributed by atoms with Crippen LogP contribution in [0.25, 0.3) is 0 Å². The molecule has 0 aliphatic heterocycles. The number of nitrogens with zero attached hydrogens (tertiary/aromatic N) is 2.